The largest absolute Gasteiger partial charge is 0.292 e. The van der Waals surface area contributed by atoms with Gasteiger partial charge in [-0.05, 0) is 31.1 Å². The maximum atomic E-state index is 11.9. The number of carbonyl (C=O) groups excluding carboxylic acids is 1. The molecule has 0 aromatic heterocycles. The number of carbonyl (C=O) groups is 1. The van der Waals surface area contributed by atoms with Crippen LogP contribution in [0.4, 0.5) is 0 Å². The van der Waals surface area contributed by atoms with E-state index in [1.807, 2.05) is 40.7 Å². The van der Waals surface area contributed by atoms with E-state index in [1.165, 1.54) is 5.56 Å². The first kappa shape index (κ1) is 18.3. The second-order valence-corrected chi connectivity index (χ2v) is 4.82. The average molecular weight is 273 g/mol. The van der Waals surface area contributed by atoms with E-state index < -0.39 is 0 Å². The van der Waals surface area contributed by atoms with Crippen LogP contribution in [0.5, 0.6) is 0 Å². The SMILES string of the molecule is CC.CN=C(/C=C(\C)c1ccc(C)cc1)C(=O)C(C)C. The maximum absolute atomic E-state index is 11.9. The number of aliphatic imine (C=N–C) groups is 1. The van der Waals surface area contributed by atoms with Crippen molar-refractivity contribution in [2.45, 2.75) is 41.5 Å². The van der Waals surface area contributed by atoms with E-state index in [0.717, 1.165) is 11.1 Å². The van der Waals surface area contributed by atoms with Gasteiger partial charge in [0, 0.05) is 13.0 Å². The van der Waals surface area contributed by atoms with Crippen LogP contribution in [0.15, 0.2) is 35.3 Å². The second-order valence-electron chi connectivity index (χ2n) is 4.82. The summed E-state index contributed by atoms with van der Waals surface area (Å²) in [6.07, 6.45) is 1.87. The lowest BCUT2D eigenvalue weighted by molar-refractivity contribution is -0.115. The van der Waals surface area contributed by atoms with Crippen molar-refractivity contribution in [3.8, 4) is 0 Å². The number of aryl methyl sites for hydroxylation is 1. The highest BCUT2D eigenvalue weighted by atomic mass is 16.1. The molecule has 0 radical (unpaired) electrons. The van der Waals surface area contributed by atoms with Crippen molar-refractivity contribution in [1.82, 2.24) is 0 Å². The molecule has 1 rings (SSSR count). The van der Waals surface area contributed by atoms with Gasteiger partial charge in [0.05, 0.1) is 0 Å². The van der Waals surface area contributed by atoms with E-state index in [1.54, 1.807) is 7.05 Å². The molecule has 110 valence electrons. The summed E-state index contributed by atoms with van der Waals surface area (Å²) in [5.41, 5.74) is 3.96. The van der Waals surface area contributed by atoms with Crippen LogP contribution in [0.1, 0.15) is 45.7 Å². The zero-order chi connectivity index (χ0) is 15.7. The van der Waals surface area contributed by atoms with Crippen LogP contribution in [0, 0.1) is 12.8 Å². The van der Waals surface area contributed by atoms with Crippen LogP contribution < -0.4 is 0 Å². The fourth-order valence-corrected chi connectivity index (χ4v) is 1.65. The molecular weight excluding hydrogens is 246 g/mol. The summed E-state index contributed by atoms with van der Waals surface area (Å²) >= 11 is 0. The number of ketones is 1. The lowest BCUT2D eigenvalue weighted by Crippen LogP contribution is -2.18. The summed E-state index contributed by atoms with van der Waals surface area (Å²) in [4.78, 5) is 16.0. The third-order valence-corrected chi connectivity index (χ3v) is 2.88. The minimum Gasteiger partial charge on any atom is -0.292 e. The Hall–Kier alpha value is -1.70. The van der Waals surface area contributed by atoms with Crippen molar-refractivity contribution in [2.24, 2.45) is 10.9 Å². The quantitative estimate of drug-likeness (QED) is 0.730. The molecule has 0 aliphatic carbocycles. The summed E-state index contributed by atoms with van der Waals surface area (Å²) in [6.45, 7) is 11.8. The highest BCUT2D eigenvalue weighted by molar-refractivity contribution is 6.45. The molecule has 0 unspecified atom stereocenters. The van der Waals surface area contributed by atoms with Crippen LogP contribution in [0.2, 0.25) is 0 Å². The van der Waals surface area contributed by atoms with Crippen molar-refractivity contribution < 1.29 is 4.79 Å². The predicted octanol–water partition coefficient (Wildman–Crippen LogP) is 4.72. The maximum Gasteiger partial charge on any atom is 0.183 e. The van der Waals surface area contributed by atoms with E-state index in [4.69, 9.17) is 0 Å². The highest BCUT2D eigenvalue weighted by Gasteiger charge is 2.12. The Kier molecular flexibility index (Phi) is 8.46. The van der Waals surface area contributed by atoms with Crippen LogP contribution in [-0.2, 0) is 4.79 Å². The van der Waals surface area contributed by atoms with E-state index in [-0.39, 0.29) is 11.7 Å². The number of hydrogen-bond acceptors (Lipinski definition) is 2. The molecule has 0 spiro atoms. The van der Waals surface area contributed by atoms with Crippen LogP contribution in [0.3, 0.4) is 0 Å². The third-order valence-electron chi connectivity index (χ3n) is 2.88. The molecule has 2 heteroatoms. The number of benzene rings is 1. The van der Waals surface area contributed by atoms with Gasteiger partial charge in [0.1, 0.15) is 5.71 Å². The van der Waals surface area contributed by atoms with E-state index in [9.17, 15) is 4.79 Å². The zero-order valence-electron chi connectivity index (χ0n) is 13.8. The fourth-order valence-electron chi connectivity index (χ4n) is 1.65. The van der Waals surface area contributed by atoms with E-state index >= 15 is 0 Å². The Morgan fingerprint density at radius 3 is 2.05 bits per heavy atom. The third kappa shape index (κ3) is 5.52. The lowest BCUT2D eigenvalue weighted by atomic mass is 9.99. The summed E-state index contributed by atoms with van der Waals surface area (Å²) in [5.74, 6) is 0.0646. The Balaban J connectivity index is 0.00000172. The molecule has 0 saturated heterocycles. The summed E-state index contributed by atoms with van der Waals surface area (Å²) in [7, 11) is 1.66. The Morgan fingerprint density at radius 2 is 1.65 bits per heavy atom. The molecule has 2 nitrogen and oxygen atoms in total. The number of allylic oxidation sites excluding steroid dienone is 2. The fraction of sp³-hybridized carbons (Fsp3) is 0.444. The zero-order valence-corrected chi connectivity index (χ0v) is 13.8. The van der Waals surface area contributed by atoms with E-state index in [0.29, 0.717) is 5.71 Å². The first-order valence-corrected chi connectivity index (χ1v) is 7.22. The Bertz CT molecular complexity index is 479. The van der Waals surface area contributed by atoms with Crippen LogP contribution in [0.25, 0.3) is 5.57 Å². The smallest absolute Gasteiger partial charge is 0.183 e. The van der Waals surface area contributed by atoms with Gasteiger partial charge in [0.15, 0.2) is 5.78 Å². The van der Waals surface area contributed by atoms with Crippen molar-refractivity contribution in [2.75, 3.05) is 7.05 Å². The van der Waals surface area contributed by atoms with Gasteiger partial charge < -0.3 is 0 Å². The molecule has 0 heterocycles. The second kappa shape index (κ2) is 9.24. The Morgan fingerprint density at radius 1 is 1.15 bits per heavy atom. The monoisotopic (exact) mass is 273 g/mol. The number of Topliss-reactive ketones (excluding diaryl/α,β-unsaturated/α-hetero) is 1. The number of nitrogens with zero attached hydrogens (tertiary/aromatic N) is 1. The molecule has 0 aliphatic rings. The van der Waals surface area contributed by atoms with Gasteiger partial charge in [0.2, 0.25) is 0 Å². The minimum absolute atomic E-state index is 0.0224. The van der Waals surface area contributed by atoms with Gasteiger partial charge in [0.25, 0.3) is 0 Å². The average Bonchev–Trinajstić information content (AvgIpc) is 2.46. The van der Waals surface area contributed by atoms with Crippen molar-refractivity contribution in [1.29, 1.82) is 0 Å². The van der Waals surface area contributed by atoms with Gasteiger partial charge >= 0.3 is 0 Å². The van der Waals surface area contributed by atoms with Crippen LogP contribution >= 0.6 is 0 Å². The molecule has 0 bridgehead atoms. The molecule has 1 aromatic carbocycles. The molecular formula is C18H27NO. The van der Waals surface area contributed by atoms with Gasteiger partial charge in [-0.15, -0.1) is 0 Å². The first-order valence-electron chi connectivity index (χ1n) is 7.22. The minimum atomic E-state index is -0.0224. The van der Waals surface area contributed by atoms with Gasteiger partial charge in [-0.1, -0.05) is 57.5 Å². The van der Waals surface area contributed by atoms with Crippen LogP contribution in [-0.4, -0.2) is 18.5 Å². The molecule has 1 aromatic rings. The summed E-state index contributed by atoms with van der Waals surface area (Å²) in [6, 6.07) is 8.27. The van der Waals surface area contributed by atoms with Crippen molar-refractivity contribution in [3.05, 3.63) is 41.5 Å². The normalized spacial score (nSPS) is 12.0. The van der Waals surface area contributed by atoms with Gasteiger partial charge in [-0.2, -0.15) is 0 Å². The Labute approximate surface area is 123 Å². The highest BCUT2D eigenvalue weighted by Crippen LogP contribution is 2.15. The predicted molar refractivity (Wildman–Crippen MR) is 89.4 cm³/mol. The summed E-state index contributed by atoms with van der Waals surface area (Å²) in [5, 5.41) is 0. The topological polar surface area (TPSA) is 29.4 Å². The summed E-state index contributed by atoms with van der Waals surface area (Å²) < 4.78 is 0. The lowest BCUT2D eigenvalue weighted by Gasteiger charge is -2.06. The molecule has 0 amide bonds. The first-order chi connectivity index (χ1) is 9.45. The molecule has 0 atom stereocenters. The molecule has 0 fully saturated rings. The number of rotatable bonds is 4. The van der Waals surface area contributed by atoms with Gasteiger partial charge in [-0.25, -0.2) is 0 Å². The number of hydrogen-bond donors (Lipinski definition) is 0. The molecule has 20 heavy (non-hydrogen) atoms. The van der Waals surface area contributed by atoms with E-state index in [2.05, 4.69) is 36.2 Å². The molecule has 0 saturated carbocycles. The standard InChI is InChI=1S/C16H21NO.C2H6/c1-11(2)16(18)15(17-5)10-13(4)14-8-6-12(3)7-9-14;1-2/h6-11H,1-5H3;1-2H3/b13-10+,17-15?;. The van der Waals surface area contributed by atoms with Crippen molar-refractivity contribution >= 4 is 17.1 Å². The molecule has 0 aliphatic heterocycles. The molecule has 0 N–H and O–H groups in total. The van der Waals surface area contributed by atoms with Crippen molar-refractivity contribution in [3.63, 3.8) is 0 Å². The van der Waals surface area contributed by atoms with Gasteiger partial charge in [-0.3, -0.25) is 9.79 Å².